The minimum absolute atomic E-state index is 0.241. The number of hydrogen-bond donors (Lipinski definition) is 0. The molecule has 0 fully saturated rings. The van der Waals surface area contributed by atoms with Crippen LogP contribution in [-0.2, 0) is 5.41 Å². The van der Waals surface area contributed by atoms with E-state index in [4.69, 9.17) is 11.2 Å². The maximum absolute atomic E-state index is 5.46. The van der Waals surface area contributed by atoms with Crippen molar-refractivity contribution in [2.75, 3.05) is 7.11 Å². The van der Waals surface area contributed by atoms with Gasteiger partial charge < -0.3 is 4.74 Å². The lowest BCUT2D eigenvalue weighted by atomic mass is 9.86. The van der Waals surface area contributed by atoms with Gasteiger partial charge in [-0.1, -0.05) is 12.0 Å². The van der Waals surface area contributed by atoms with Gasteiger partial charge in [-0.2, -0.15) is 0 Å². The molecule has 2 heteroatoms. The van der Waals surface area contributed by atoms with E-state index in [9.17, 15) is 0 Å². The van der Waals surface area contributed by atoms with Crippen molar-refractivity contribution >= 4 is 15.9 Å². The van der Waals surface area contributed by atoms with Crippen LogP contribution in [0.25, 0.3) is 0 Å². The summed E-state index contributed by atoms with van der Waals surface area (Å²) in [5, 5.41) is 0. The van der Waals surface area contributed by atoms with Crippen molar-refractivity contribution < 1.29 is 4.74 Å². The summed E-state index contributed by atoms with van der Waals surface area (Å²) in [6.45, 7) is 4.03. The van der Waals surface area contributed by atoms with Crippen LogP contribution >= 0.6 is 15.9 Å². The lowest BCUT2D eigenvalue weighted by molar-refractivity contribution is 0.411. The SMILES string of the molecule is C#CC(C)(C)c1ccc(OC)c(Br)c1. The van der Waals surface area contributed by atoms with Crippen molar-refractivity contribution in [3.63, 3.8) is 0 Å². The molecule has 0 aliphatic carbocycles. The molecule has 1 rings (SSSR count). The Morgan fingerprint density at radius 3 is 2.50 bits per heavy atom. The Morgan fingerprint density at radius 2 is 2.07 bits per heavy atom. The van der Waals surface area contributed by atoms with Gasteiger partial charge in [0.25, 0.3) is 0 Å². The normalized spacial score (nSPS) is 10.8. The van der Waals surface area contributed by atoms with E-state index in [0.29, 0.717) is 0 Å². The zero-order chi connectivity index (χ0) is 10.8. The van der Waals surface area contributed by atoms with Crippen molar-refractivity contribution in [2.24, 2.45) is 0 Å². The monoisotopic (exact) mass is 252 g/mol. The molecule has 0 heterocycles. The van der Waals surface area contributed by atoms with Crippen molar-refractivity contribution in [1.82, 2.24) is 0 Å². The maximum atomic E-state index is 5.46. The first-order valence-corrected chi connectivity index (χ1v) is 5.12. The second kappa shape index (κ2) is 4.06. The summed E-state index contributed by atoms with van der Waals surface area (Å²) < 4.78 is 6.08. The molecule has 0 aliphatic rings. The van der Waals surface area contributed by atoms with E-state index in [2.05, 4.69) is 21.9 Å². The molecular formula is C12H13BrO. The molecule has 0 aliphatic heterocycles. The van der Waals surface area contributed by atoms with Crippen molar-refractivity contribution in [3.8, 4) is 18.1 Å². The van der Waals surface area contributed by atoms with Crippen LogP contribution in [0.1, 0.15) is 19.4 Å². The van der Waals surface area contributed by atoms with Gasteiger partial charge in [-0.3, -0.25) is 0 Å². The zero-order valence-electron chi connectivity index (χ0n) is 8.60. The van der Waals surface area contributed by atoms with E-state index in [1.54, 1.807) is 7.11 Å². The summed E-state index contributed by atoms with van der Waals surface area (Å²) in [6, 6.07) is 5.90. The van der Waals surface area contributed by atoms with E-state index in [-0.39, 0.29) is 5.41 Å². The minimum Gasteiger partial charge on any atom is -0.496 e. The molecule has 14 heavy (non-hydrogen) atoms. The van der Waals surface area contributed by atoms with E-state index in [0.717, 1.165) is 15.8 Å². The van der Waals surface area contributed by atoms with Crippen LogP contribution in [-0.4, -0.2) is 7.11 Å². The van der Waals surface area contributed by atoms with E-state index in [1.165, 1.54) is 0 Å². The van der Waals surface area contributed by atoms with Gasteiger partial charge >= 0.3 is 0 Å². The van der Waals surface area contributed by atoms with Gasteiger partial charge in [-0.15, -0.1) is 6.42 Å². The number of halogens is 1. The Hall–Kier alpha value is -0.940. The first kappa shape index (κ1) is 11.1. The largest absolute Gasteiger partial charge is 0.496 e. The zero-order valence-corrected chi connectivity index (χ0v) is 10.2. The standard InChI is InChI=1S/C12H13BrO/c1-5-12(2,3)9-6-7-11(14-4)10(13)8-9/h1,6-8H,2-4H3. The summed E-state index contributed by atoms with van der Waals surface area (Å²) in [5.41, 5.74) is 0.863. The summed E-state index contributed by atoms with van der Waals surface area (Å²) in [5.74, 6) is 3.58. The molecule has 0 saturated heterocycles. The van der Waals surface area contributed by atoms with Crippen LogP contribution in [0.5, 0.6) is 5.75 Å². The highest BCUT2D eigenvalue weighted by Gasteiger charge is 2.17. The highest BCUT2D eigenvalue weighted by Crippen LogP contribution is 2.30. The molecule has 0 saturated carbocycles. The third-order valence-corrected chi connectivity index (χ3v) is 2.85. The van der Waals surface area contributed by atoms with Crippen molar-refractivity contribution in [1.29, 1.82) is 0 Å². The summed E-state index contributed by atoms with van der Waals surface area (Å²) in [4.78, 5) is 0. The quantitative estimate of drug-likeness (QED) is 0.734. The molecule has 1 nitrogen and oxygen atoms in total. The molecule has 0 radical (unpaired) electrons. The van der Waals surface area contributed by atoms with Gasteiger partial charge in [-0.05, 0) is 47.5 Å². The molecule has 0 unspecified atom stereocenters. The molecule has 0 N–H and O–H groups in total. The predicted octanol–water partition coefficient (Wildman–Crippen LogP) is 3.37. The van der Waals surface area contributed by atoms with E-state index in [1.807, 2.05) is 32.0 Å². The first-order valence-electron chi connectivity index (χ1n) is 4.33. The summed E-state index contributed by atoms with van der Waals surface area (Å²) >= 11 is 3.44. The Bertz CT molecular complexity index is 374. The van der Waals surface area contributed by atoms with Crippen LogP contribution in [0.2, 0.25) is 0 Å². The fourth-order valence-electron chi connectivity index (χ4n) is 1.14. The van der Waals surface area contributed by atoms with Crippen LogP contribution < -0.4 is 4.74 Å². The summed E-state index contributed by atoms with van der Waals surface area (Å²) in [7, 11) is 1.64. The fourth-order valence-corrected chi connectivity index (χ4v) is 1.68. The number of hydrogen-bond acceptors (Lipinski definition) is 1. The average molecular weight is 253 g/mol. The molecule has 0 bridgehead atoms. The van der Waals surface area contributed by atoms with Crippen molar-refractivity contribution in [2.45, 2.75) is 19.3 Å². The highest BCUT2D eigenvalue weighted by atomic mass is 79.9. The number of methoxy groups -OCH3 is 1. The molecule has 0 atom stereocenters. The number of terminal acetylenes is 1. The van der Waals surface area contributed by atoms with Gasteiger partial charge in [0.1, 0.15) is 5.75 Å². The van der Waals surface area contributed by atoms with Gasteiger partial charge in [0.2, 0.25) is 0 Å². The fraction of sp³-hybridized carbons (Fsp3) is 0.333. The molecule has 74 valence electrons. The number of rotatable bonds is 2. The Labute approximate surface area is 93.6 Å². The maximum Gasteiger partial charge on any atom is 0.133 e. The van der Waals surface area contributed by atoms with Crippen molar-refractivity contribution in [3.05, 3.63) is 28.2 Å². The summed E-state index contributed by atoms with van der Waals surface area (Å²) in [6.07, 6.45) is 5.46. The van der Waals surface area contributed by atoms with Crippen LogP contribution in [0.3, 0.4) is 0 Å². The molecular weight excluding hydrogens is 240 g/mol. The second-order valence-electron chi connectivity index (χ2n) is 3.62. The molecule has 0 aromatic heterocycles. The van der Waals surface area contributed by atoms with Crippen LogP contribution in [0.4, 0.5) is 0 Å². The minimum atomic E-state index is -0.241. The van der Waals surface area contributed by atoms with Gasteiger partial charge in [0.15, 0.2) is 0 Å². The Kier molecular flexibility index (Phi) is 3.23. The predicted molar refractivity (Wildman–Crippen MR) is 62.6 cm³/mol. The topological polar surface area (TPSA) is 9.23 Å². The lowest BCUT2D eigenvalue weighted by Crippen LogP contribution is -2.13. The average Bonchev–Trinajstić information content (AvgIpc) is 2.17. The van der Waals surface area contributed by atoms with E-state index >= 15 is 0 Å². The van der Waals surface area contributed by atoms with Gasteiger partial charge in [-0.25, -0.2) is 0 Å². The highest BCUT2D eigenvalue weighted by molar-refractivity contribution is 9.10. The number of ether oxygens (including phenoxy) is 1. The third kappa shape index (κ3) is 2.10. The Balaban J connectivity index is 3.17. The lowest BCUT2D eigenvalue weighted by Gasteiger charge is -2.18. The first-order chi connectivity index (χ1) is 6.51. The number of benzene rings is 1. The molecule has 0 amide bonds. The molecule has 0 spiro atoms. The molecule has 1 aromatic carbocycles. The third-order valence-electron chi connectivity index (χ3n) is 2.23. The van der Waals surface area contributed by atoms with E-state index < -0.39 is 0 Å². The van der Waals surface area contributed by atoms with Crippen LogP contribution in [0, 0.1) is 12.3 Å². The second-order valence-corrected chi connectivity index (χ2v) is 4.47. The Morgan fingerprint density at radius 1 is 1.43 bits per heavy atom. The van der Waals surface area contributed by atoms with Crippen LogP contribution in [0.15, 0.2) is 22.7 Å². The van der Waals surface area contributed by atoms with Gasteiger partial charge in [0, 0.05) is 0 Å². The smallest absolute Gasteiger partial charge is 0.133 e. The molecule has 1 aromatic rings. The van der Waals surface area contributed by atoms with Gasteiger partial charge in [0.05, 0.1) is 17.0 Å².